The fourth-order valence-corrected chi connectivity index (χ4v) is 2.55. The average molecular weight is 321 g/mol. The number of carboxylic acid groups (broad SMARTS) is 1. The summed E-state index contributed by atoms with van der Waals surface area (Å²) in [6, 6.07) is 7.09. The van der Waals surface area contributed by atoms with E-state index in [1.54, 1.807) is 24.1 Å². The van der Waals surface area contributed by atoms with Gasteiger partial charge in [-0.15, -0.1) is 0 Å². The van der Waals surface area contributed by atoms with Crippen LogP contribution in [0.15, 0.2) is 24.3 Å². The average Bonchev–Trinajstić information content (AvgIpc) is 3.05. The highest BCUT2D eigenvalue weighted by atomic mass is 16.5. The highest BCUT2D eigenvalue weighted by Crippen LogP contribution is 2.18. The van der Waals surface area contributed by atoms with Gasteiger partial charge in [0.2, 0.25) is 5.91 Å². The van der Waals surface area contributed by atoms with E-state index in [0.717, 1.165) is 31.4 Å². The molecule has 1 atom stereocenters. The largest absolute Gasteiger partial charge is 0.482 e. The number of carboxylic acids is 1. The van der Waals surface area contributed by atoms with Gasteiger partial charge in [-0.3, -0.25) is 4.79 Å². The Hall–Kier alpha value is -2.08. The number of carbonyl (C=O) groups is 2. The summed E-state index contributed by atoms with van der Waals surface area (Å²) < 4.78 is 10.6. The summed E-state index contributed by atoms with van der Waals surface area (Å²) in [5.74, 6) is -0.402. The van der Waals surface area contributed by atoms with E-state index in [-0.39, 0.29) is 18.6 Å². The van der Waals surface area contributed by atoms with Crippen molar-refractivity contribution in [3.8, 4) is 5.75 Å². The summed E-state index contributed by atoms with van der Waals surface area (Å²) in [7, 11) is 1.78. The number of carbonyl (C=O) groups excluding carboxylic acids is 1. The Bertz CT molecular complexity index is 522. The van der Waals surface area contributed by atoms with Gasteiger partial charge in [-0.1, -0.05) is 12.1 Å². The third-order valence-electron chi connectivity index (χ3n) is 3.84. The Morgan fingerprint density at radius 2 is 2.09 bits per heavy atom. The van der Waals surface area contributed by atoms with E-state index < -0.39 is 5.97 Å². The minimum Gasteiger partial charge on any atom is -0.482 e. The van der Waals surface area contributed by atoms with Crippen molar-refractivity contribution in [3.63, 3.8) is 0 Å². The summed E-state index contributed by atoms with van der Waals surface area (Å²) in [4.78, 5) is 24.3. The summed E-state index contributed by atoms with van der Waals surface area (Å²) in [6.45, 7) is 0.968. The van der Waals surface area contributed by atoms with E-state index in [1.807, 2.05) is 12.1 Å². The maximum absolute atomic E-state index is 12.1. The molecule has 1 aromatic carbocycles. The Labute approximate surface area is 136 Å². The minimum absolute atomic E-state index is 0.103. The number of aliphatic carboxylic acids is 1. The van der Waals surface area contributed by atoms with Crippen LogP contribution in [-0.4, -0.2) is 48.2 Å². The van der Waals surface area contributed by atoms with Crippen LogP contribution in [0.5, 0.6) is 5.75 Å². The van der Waals surface area contributed by atoms with Gasteiger partial charge in [0.25, 0.3) is 0 Å². The summed E-state index contributed by atoms with van der Waals surface area (Å²) >= 11 is 0. The number of ether oxygens (including phenoxy) is 2. The minimum atomic E-state index is -1.01. The van der Waals surface area contributed by atoms with E-state index in [0.29, 0.717) is 18.7 Å². The van der Waals surface area contributed by atoms with Crippen molar-refractivity contribution in [2.24, 2.45) is 0 Å². The Morgan fingerprint density at radius 3 is 2.70 bits per heavy atom. The van der Waals surface area contributed by atoms with Gasteiger partial charge < -0.3 is 19.5 Å². The van der Waals surface area contributed by atoms with Crippen molar-refractivity contribution in [2.45, 2.75) is 38.3 Å². The molecule has 1 amide bonds. The molecule has 126 valence electrons. The van der Waals surface area contributed by atoms with Crippen LogP contribution in [0, 0.1) is 0 Å². The zero-order chi connectivity index (χ0) is 16.7. The van der Waals surface area contributed by atoms with Crippen molar-refractivity contribution < 1.29 is 24.2 Å². The molecule has 0 aromatic heterocycles. The standard InChI is InChI=1S/C17H23NO5/c1-18(16(19)9-8-14-3-2-10-22-14)11-13-4-6-15(7-5-13)23-12-17(20)21/h4-7,14H,2-3,8-12H2,1H3,(H,20,21). The molecule has 6 nitrogen and oxygen atoms in total. The van der Waals surface area contributed by atoms with E-state index in [4.69, 9.17) is 14.6 Å². The molecule has 0 spiro atoms. The van der Waals surface area contributed by atoms with Crippen molar-refractivity contribution in [3.05, 3.63) is 29.8 Å². The predicted octanol–water partition coefficient (Wildman–Crippen LogP) is 2.07. The van der Waals surface area contributed by atoms with Crippen LogP contribution in [0.3, 0.4) is 0 Å². The first kappa shape index (κ1) is 17.3. The molecule has 2 rings (SSSR count). The molecule has 1 aromatic rings. The molecule has 0 saturated carbocycles. The third kappa shape index (κ3) is 5.90. The van der Waals surface area contributed by atoms with Crippen LogP contribution in [0.4, 0.5) is 0 Å². The van der Waals surface area contributed by atoms with Crippen LogP contribution < -0.4 is 4.74 Å². The van der Waals surface area contributed by atoms with Gasteiger partial charge in [-0.05, 0) is 37.0 Å². The van der Waals surface area contributed by atoms with E-state index >= 15 is 0 Å². The van der Waals surface area contributed by atoms with Crippen molar-refractivity contribution in [1.82, 2.24) is 4.90 Å². The zero-order valence-electron chi connectivity index (χ0n) is 13.4. The summed E-state index contributed by atoms with van der Waals surface area (Å²) in [5.41, 5.74) is 0.973. The van der Waals surface area contributed by atoms with Crippen LogP contribution in [0.2, 0.25) is 0 Å². The molecule has 23 heavy (non-hydrogen) atoms. The molecular formula is C17H23NO5. The smallest absolute Gasteiger partial charge is 0.341 e. The van der Waals surface area contributed by atoms with Gasteiger partial charge in [0.1, 0.15) is 5.75 Å². The van der Waals surface area contributed by atoms with Crippen molar-refractivity contribution in [2.75, 3.05) is 20.3 Å². The van der Waals surface area contributed by atoms with Crippen LogP contribution in [0.1, 0.15) is 31.2 Å². The van der Waals surface area contributed by atoms with Gasteiger partial charge in [0.05, 0.1) is 6.10 Å². The van der Waals surface area contributed by atoms with E-state index in [9.17, 15) is 9.59 Å². The zero-order valence-corrected chi connectivity index (χ0v) is 13.4. The highest BCUT2D eigenvalue weighted by Gasteiger charge is 2.18. The Morgan fingerprint density at radius 1 is 1.35 bits per heavy atom. The fraction of sp³-hybridized carbons (Fsp3) is 0.529. The topological polar surface area (TPSA) is 76.1 Å². The van der Waals surface area contributed by atoms with Gasteiger partial charge in [0, 0.05) is 26.6 Å². The highest BCUT2D eigenvalue weighted by molar-refractivity contribution is 5.75. The van der Waals surface area contributed by atoms with E-state index in [1.165, 1.54) is 0 Å². The lowest BCUT2D eigenvalue weighted by atomic mass is 10.1. The molecule has 0 bridgehead atoms. The second-order valence-corrected chi connectivity index (χ2v) is 5.75. The molecule has 0 aliphatic carbocycles. The first-order valence-electron chi connectivity index (χ1n) is 7.83. The Kier molecular flexibility index (Phi) is 6.40. The Balaban J connectivity index is 1.75. The quantitative estimate of drug-likeness (QED) is 0.793. The lowest BCUT2D eigenvalue weighted by Crippen LogP contribution is -2.27. The second kappa shape index (κ2) is 8.53. The first-order valence-corrected chi connectivity index (χ1v) is 7.83. The van der Waals surface area contributed by atoms with Gasteiger partial charge in [-0.25, -0.2) is 4.79 Å². The normalized spacial score (nSPS) is 17.0. The molecule has 1 saturated heterocycles. The predicted molar refractivity (Wildman–Crippen MR) is 84.3 cm³/mol. The second-order valence-electron chi connectivity index (χ2n) is 5.75. The maximum atomic E-state index is 12.1. The summed E-state index contributed by atoms with van der Waals surface area (Å²) in [6.07, 6.45) is 3.66. The molecule has 1 unspecified atom stereocenters. The van der Waals surface area contributed by atoms with Crippen molar-refractivity contribution >= 4 is 11.9 Å². The van der Waals surface area contributed by atoms with Gasteiger partial charge in [-0.2, -0.15) is 0 Å². The van der Waals surface area contributed by atoms with Crippen LogP contribution in [0.25, 0.3) is 0 Å². The van der Waals surface area contributed by atoms with Crippen LogP contribution >= 0.6 is 0 Å². The maximum Gasteiger partial charge on any atom is 0.341 e. The number of nitrogens with zero attached hydrogens (tertiary/aromatic N) is 1. The van der Waals surface area contributed by atoms with Gasteiger partial charge >= 0.3 is 5.97 Å². The van der Waals surface area contributed by atoms with Gasteiger partial charge in [0.15, 0.2) is 6.61 Å². The molecule has 0 radical (unpaired) electrons. The molecule has 1 aliphatic rings. The first-order chi connectivity index (χ1) is 11.0. The number of hydrogen-bond donors (Lipinski definition) is 1. The number of amides is 1. The van der Waals surface area contributed by atoms with Crippen molar-refractivity contribution in [1.29, 1.82) is 0 Å². The number of benzene rings is 1. The SMILES string of the molecule is CN(Cc1ccc(OCC(=O)O)cc1)C(=O)CCC1CCCO1. The molecule has 6 heteroatoms. The summed E-state index contributed by atoms with van der Waals surface area (Å²) in [5, 5.41) is 8.56. The molecular weight excluding hydrogens is 298 g/mol. The number of hydrogen-bond acceptors (Lipinski definition) is 4. The molecule has 1 aliphatic heterocycles. The molecule has 1 fully saturated rings. The van der Waals surface area contributed by atoms with Crippen LogP contribution in [-0.2, 0) is 20.9 Å². The third-order valence-corrected chi connectivity index (χ3v) is 3.84. The molecule has 1 N–H and O–H groups in total. The fourth-order valence-electron chi connectivity index (χ4n) is 2.55. The lowest BCUT2D eigenvalue weighted by molar-refractivity contribution is -0.139. The number of rotatable bonds is 8. The monoisotopic (exact) mass is 321 g/mol. The molecule has 1 heterocycles. The van der Waals surface area contributed by atoms with E-state index in [2.05, 4.69) is 0 Å². The lowest BCUT2D eigenvalue weighted by Gasteiger charge is -2.18.